The van der Waals surface area contributed by atoms with Crippen LogP contribution in [0.15, 0.2) is 46.9 Å². The van der Waals surface area contributed by atoms with Crippen LogP contribution >= 0.6 is 27.5 Å². The van der Waals surface area contributed by atoms with E-state index in [-0.39, 0.29) is 18.2 Å². The minimum atomic E-state index is -0.401. The van der Waals surface area contributed by atoms with Crippen molar-refractivity contribution >= 4 is 50.7 Å². The number of carbonyl (C=O) groups excluding carboxylic acids is 2. The van der Waals surface area contributed by atoms with Gasteiger partial charge in [-0.2, -0.15) is 0 Å². The molecular formula is C18H16BrClN2O2. The van der Waals surface area contributed by atoms with Gasteiger partial charge in [-0.05, 0) is 52.7 Å². The maximum absolute atomic E-state index is 12.5. The van der Waals surface area contributed by atoms with Gasteiger partial charge < -0.3 is 10.2 Å². The Bertz CT molecular complexity index is 809. The first-order valence-electron chi connectivity index (χ1n) is 7.57. The van der Waals surface area contributed by atoms with Crippen LogP contribution in [0.3, 0.4) is 0 Å². The molecule has 0 aromatic heterocycles. The standard InChI is InChI=1S/C18H16BrClN2O2/c1-11-6-7-15(14(20)8-11)21-18(24)12-9-17(23)22(10-12)16-5-3-2-4-13(16)19/h2-8,12H,9-10H2,1H3,(H,21,24). The van der Waals surface area contributed by atoms with E-state index in [0.717, 1.165) is 15.7 Å². The molecule has 1 aliphatic rings. The summed E-state index contributed by atoms with van der Waals surface area (Å²) in [6.45, 7) is 2.29. The fraction of sp³-hybridized carbons (Fsp3) is 0.222. The van der Waals surface area contributed by atoms with Gasteiger partial charge in [0.15, 0.2) is 0 Å². The van der Waals surface area contributed by atoms with Crippen molar-refractivity contribution in [3.8, 4) is 0 Å². The lowest BCUT2D eigenvalue weighted by molar-refractivity contribution is -0.122. The average Bonchev–Trinajstić information content (AvgIpc) is 2.92. The second kappa shape index (κ2) is 6.95. The summed E-state index contributed by atoms with van der Waals surface area (Å²) in [6.07, 6.45) is 0.191. The third kappa shape index (κ3) is 3.47. The summed E-state index contributed by atoms with van der Waals surface area (Å²) in [5, 5.41) is 3.32. The van der Waals surface area contributed by atoms with E-state index in [4.69, 9.17) is 11.6 Å². The lowest BCUT2D eigenvalue weighted by Crippen LogP contribution is -2.28. The predicted octanol–water partition coefficient (Wildman–Crippen LogP) is 4.40. The monoisotopic (exact) mass is 406 g/mol. The highest BCUT2D eigenvalue weighted by molar-refractivity contribution is 9.10. The summed E-state index contributed by atoms with van der Waals surface area (Å²) < 4.78 is 0.834. The van der Waals surface area contributed by atoms with E-state index in [1.807, 2.05) is 37.3 Å². The first-order valence-corrected chi connectivity index (χ1v) is 8.74. The third-order valence-corrected chi connectivity index (χ3v) is 5.00. The van der Waals surface area contributed by atoms with Crippen molar-refractivity contribution in [2.75, 3.05) is 16.8 Å². The molecule has 0 bridgehead atoms. The maximum Gasteiger partial charge on any atom is 0.229 e. The third-order valence-electron chi connectivity index (χ3n) is 4.02. The number of aryl methyl sites for hydroxylation is 1. The number of benzene rings is 2. The molecule has 1 atom stereocenters. The average molecular weight is 408 g/mol. The normalized spacial score (nSPS) is 17.2. The number of amides is 2. The smallest absolute Gasteiger partial charge is 0.229 e. The minimum absolute atomic E-state index is 0.0583. The van der Waals surface area contributed by atoms with E-state index in [0.29, 0.717) is 17.3 Å². The molecule has 1 aliphatic heterocycles. The largest absolute Gasteiger partial charge is 0.324 e. The number of nitrogens with one attached hydrogen (secondary N) is 1. The highest BCUT2D eigenvalue weighted by Gasteiger charge is 2.35. The van der Waals surface area contributed by atoms with Crippen LogP contribution in [0.1, 0.15) is 12.0 Å². The lowest BCUT2D eigenvalue weighted by atomic mass is 10.1. The molecule has 1 unspecified atom stereocenters. The Hall–Kier alpha value is -1.85. The zero-order valence-corrected chi connectivity index (χ0v) is 15.4. The summed E-state index contributed by atoms with van der Waals surface area (Å²) in [6, 6.07) is 12.9. The lowest BCUT2D eigenvalue weighted by Gasteiger charge is -2.18. The zero-order chi connectivity index (χ0) is 17.3. The van der Waals surface area contributed by atoms with E-state index in [9.17, 15) is 9.59 Å². The number of halogens is 2. The van der Waals surface area contributed by atoms with Crippen molar-refractivity contribution in [1.82, 2.24) is 0 Å². The number of rotatable bonds is 3. The molecule has 0 radical (unpaired) electrons. The van der Waals surface area contributed by atoms with E-state index in [2.05, 4.69) is 21.2 Å². The first kappa shape index (κ1) is 17.0. The predicted molar refractivity (Wildman–Crippen MR) is 99.4 cm³/mol. The van der Waals surface area contributed by atoms with Crippen LogP contribution in [0.2, 0.25) is 5.02 Å². The Morgan fingerprint density at radius 2 is 2.04 bits per heavy atom. The molecule has 0 saturated carbocycles. The van der Waals surface area contributed by atoms with Crippen molar-refractivity contribution in [1.29, 1.82) is 0 Å². The van der Waals surface area contributed by atoms with Gasteiger partial charge in [0.25, 0.3) is 0 Å². The molecule has 0 aliphatic carbocycles. The summed E-state index contributed by atoms with van der Waals surface area (Å²) in [5.41, 5.74) is 2.37. The van der Waals surface area contributed by atoms with E-state index in [1.54, 1.807) is 17.0 Å². The number of hydrogen-bond donors (Lipinski definition) is 1. The topological polar surface area (TPSA) is 49.4 Å². The number of carbonyl (C=O) groups is 2. The van der Waals surface area contributed by atoms with Gasteiger partial charge in [-0.15, -0.1) is 0 Å². The van der Waals surface area contributed by atoms with E-state index in [1.165, 1.54) is 0 Å². The van der Waals surface area contributed by atoms with Crippen molar-refractivity contribution < 1.29 is 9.59 Å². The van der Waals surface area contributed by atoms with Crippen LogP contribution in [0.5, 0.6) is 0 Å². The van der Waals surface area contributed by atoms with Crippen molar-refractivity contribution in [3.63, 3.8) is 0 Å². The number of nitrogens with zero attached hydrogens (tertiary/aromatic N) is 1. The highest BCUT2D eigenvalue weighted by Crippen LogP contribution is 2.32. The molecular weight excluding hydrogens is 392 g/mol. The Balaban J connectivity index is 1.73. The van der Waals surface area contributed by atoms with E-state index < -0.39 is 5.92 Å². The van der Waals surface area contributed by atoms with Gasteiger partial charge in [0.05, 0.1) is 22.3 Å². The van der Waals surface area contributed by atoms with Gasteiger partial charge in [-0.1, -0.05) is 29.8 Å². The number of para-hydroxylation sites is 1. The molecule has 1 heterocycles. The van der Waals surface area contributed by atoms with Gasteiger partial charge in [0.2, 0.25) is 11.8 Å². The van der Waals surface area contributed by atoms with Gasteiger partial charge in [-0.3, -0.25) is 9.59 Å². The molecule has 1 fully saturated rings. The van der Waals surface area contributed by atoms with Crippen LogP contribution in [0, 0.1) is 12.8 Å². The molecule has 2 aromatic rings. The molecule has 4 nitrogen and oxygen atoms in total. The fourth-order valence-corrected chi connectivity index (χ4v) is 3.52. The summed E-state index contributed by atoms with van der Waals surface area (Å²) in [7, 11) is 0. The Morgan fingerprint density at radius 1 is 1.29 bits per heavy atom. The van der Waals surface area contributed by atoms with Crippen molar-refractivity contribution in [2.24, 2.45) is 5.92 Å². The summed E-state index contributed by atoms with van der Waals surface area (Å²) in [5.74, 6) is -0.650. The van der Waals surface area contributed by atoms with Crippen LogP contribution in [-0.4, -0.2) is 18.4 Å². The second-order valence-corrected chi connectivity index (χ2v) is 7.09. The SMILES string of the molecule is Cc1ccc(NC(=O)C2CC(=O)N(c3ccccc3Br)C2)c(Cl)c1. The molecule has 24 heavy (non-hydrogen) atoms. The Kier molecular flexibility index (Phi) is 4.92. The van der Waals surface area contributed by atoms with Crippen LogP contribution < -0.4 is 10.2 Å². The van der Waals surface area contributed by atoms with Gasteiger partial charge in [0, 0.05) is 17.4 Å². The highest BCUT2D eigenvalue weighted by atomic mass is 79.9. The zero-order valence-electron chi connectivity index (χ0n) is 13.1. The van der Waals surface area contributed by atoms with Crippen molar-refractivity contribution in [3.05, 3.63) is 57.5 Å². The first-order chi connectivity index (χ1) is 11.5. The molecule has 1 saturated heterocycles. The number of anilines is 2. The Labute approximate surface area is 153 Å². The van der Waals surface area contributed by atoms with Crippen LogP contribution in [0.25, 0.3) is 0 Å². The number of hydrogen-bond acceptors (Lipinski definition) is 2. The fourth-order valence-electron chi connectivity index (χ4n) is 2.74. The van der Waals surface area contributed by atoms with Gasteiger partial charge in [0.1, 0.15) is 0 Å². The quantitative estimate of drug-likeness (QED) is 0.819. The van der Waals surface area contributed by atoms with Crippen LogP contribution in [-0.2, 0) is 9.59 Å². The summed E-state index contributed by atoms with van der Waals surface area (Å²) in [4.78, 5) is 26.4. The van der Waals surface area contributed by atoms with Crippen LogP contribution in [0.4, 0.5) is 11.4 Å². The Morgan fingerprint density at radius 3 is 2.75 bits per heavy atom. The van der Waals surface area contributed by atoms with Gasteiger partial charge in [-0.25, -0.2) is 0 Å². The van der Waals surface area contributed by atoms with Gasteiger partial charge >= 0.3 is 0 Å². The summed E-state index contributed by atoms with van der Waals surface area (Å²) >= 11 is 9.60. The molecule has 0 spiro atoms. The molecule has 2 amide bonds. The van der Waals surface area contributed by atoms with E-state index >= 15 is 0 Å². The molecule has 3 rings (SSSR count). The van der Waals surface area contributed by atoms with Crippen molar-refractivity contribution in [2.45, 2.75) is 13.3 Å². The molecule has 6 heteroatoms. The minimum Gasteiger partial charge on any atom is -0.324 e. The second-order valence-electron chi connectivity index (χ2n) is 5.83. The maximum atomic E-state index is 12.5. The molecule has 124 valence electrons. The molecule has 2 aromatic carbocycles. The molecule has 1 N–H and O–H groups in total.